The van der Waals surface area contributed by atoms with E-state index < -0.39 is 5.82 Å². The summed E-state index contributed by atoms with van der Waals surface area (Å²) in [5, 5.41) is 2.31. The summed E-state index contributed by atoms with van der Waals surface area (Å²) in [6, 6.07) is 2.54. The van der Waals surface area contributed by atoms with Crippen LogP contribution in [0.4, 0.5) is 4.39 Å². The van der Waals surface area contributed by atoms with E-state index in [1.165, 1.54) is 30.0 Å². The third-order valence-corrected chi connectivity index (χ3v) is 3.09. The lowest BCUT2D eigenvalue weighted by molar-refractivity contribution is 0.104. The number of thioether (sulfide) groups is 1. The Labute approximate surface area is 115 Å². The van der Waals surface area contributed by atoms with E-state index in [1.54, 1.807) is 30.6 Å². The molecule has 1 aromatic heterocycles. The number of rotatable bonds is 4. The van der Waals surface area contributed by atoms with E-state index in [1.807, 2.05) is 0 Å². The fraction of sp³-hybridized carbons (Fsp3) is 0.154. The summed E-state index contributed by atoms with van der Waals surface area (Å²) in [7, 11) is 3.46. The minimum absolute atomic E-state index is 0.199. The molecule has 0 saturated carbocycles. The number of allylic oxidation sites excluding steroid dienone is 1. The second-order valence-electron chi connectivity index (χ2n) is 3.45. The van der Waals surface area contributed by atoms with Crippen LogP contribution in [-0.4, -0.2) is 34.9 Å². The molecule has 0 unspecified atom stereocenters. The van der Waals surface area contributed by atoms with Crippen molar-refractivity contribution in [2.75, 3.05) is 14.1 Å². The number of hydrogen-bond donors (Lipinski definition) is 0. The van der Waals surface area contributed by atoms with Gasteiger partial charge in [-0.2, -0.15) is 0 Å². The van der Waals surface area contributed by atoms with Crippen molar-refractivity contribution >= 4 is 22.7 Å². The van der Waals surface area contributed by atoms with Gasteiger partial charge in [-0.1, -0.05) is 18.3 Å². The van der Waals surface area contributed by atoms with Gasteiger partial charge in [0, 0.05) is 14.1 Å². The minimum Gasteiger partial charge on any atom is -0.331 e. The molecule has 100 valence electrons. The maximum Gasteiger partial charge on any atom is 0.204 e. The molecule has 0 radical (unpaired) electrons. The van der Waals surface area contributed by atoms with Crippen LogP contribution in [0.2, 0.25) is 0 Å². The van der Waals surface area contributed by atoms with Gasteiger partial charge in [0.05, 0.1) is 6.20 Å². The number of hydrogen-bond acceptors (Lipinski definition) is 4. The molecule has 1 heterocycles. The van der Waals surface area contributed by atoms with Crippen molar-refractivity contribution in [2.45, 2.75) is 0 Å². The van der Waals surface area contributed by atoms with Crippen molar-refractivity contribution in [1.29, 1.82) is 0 Å². The van der Waals surface area contributed by atoms with Crippen LogP contribution in [0.3, 0.4) is 0 Å². The molecule has 0 aromatic carbocycles. The SMILES string of the molecule is C=CN(C)C(=NC)S/C=C/C(=O)c1ccc(F)cn1. The molecule has 0 spiro atoms. The number of carbonyl (C=O) groups is 1. The second-order valence-corrected chi connectivity index (χ2v) is 4.32. The van der Waals surface area contributed by atoms with Gasteiger partial charge in [0.1, 0.15) is 11.5 Å². The number of ketones is 1. The molecule has 0 bridgehead atoms. The van der Waals surface area contributed by atoms with Crippen molar-refractivity contribution in [3.63, 3.8) is 0 Å². The molecule has 0 fully saturated rings. The Morgan fingerprint density at radius 3 is 2.84 bits per heavy atom. The lowest BCUT2D eigenvalue weighted by Crippen LogP contribution is -2.16. The molecule has 0 N–H and O–H groups in total. The summed E-state index contributed by atoms with van der Waals surface area (Å²) in [5.74, 6) is -0.757. The van der Waals surface area contributed by atoms with Crippen LogP contribution in [0.15, 0.2) is 47.6 Å². The predicted molar refractivity (Wildman–Crippen MR) is 76.6 cm³/mol. The largest absolute Gasteiger partial charge is 0.331 e. The average Bonchev–Trinajstić information content (AvgIpc) is 2.43. The lowest BCUT2D eigenvalue weighted by atomic mass is 10.2. The fourth-order valence-corrected chi connectivity index (χ4v) is 1.79. The fourth-order valence-electron chi connectivity index (χ4n) is 1.14. The van der Waals surface area contributed by atoms with Gasteiger partial charge in [-0.3, -0.25) is 9.79 Å². The van der Waals surface area contributed by atoms with E-state index in [2.05, 4.69) is 16.6 Å². The third-order valence-electron chi connectivity index (χ3n) is 2.14. The Bertz CT molecular complexity index is 511. The van der Waals surface area contributed by atoms with E-state index in [-0.39, 0.29) is 11.5 Å². The van der Waals surface area contributed by atoms with Gasteiger partial charge in [-0.05, 0) is 29.8 Å². The smallest absolute Gasteiger partial charge is 0.204 e. The maximum atomic E-state index is 12.7. The van der Waals surface area contributed by atoms with Crippen LogP contribution in [0.25, 0.3) is 0 Å². The van der Waals surface area contributed by atoms with Gasteiger partial charge in [-0.25, -0.2) is 9.37 Å². The molecule has 0 amide bonds. The Hall–Kier alpha value is -1.95. The Morgan fingerprint density at radius 2 is 2.32 bits per heavy atom. The van der Waals surface area contributed by atoms with Crippen LogP contribution < -0.4 is 0 Å². The van der Waals surface area contributed by atoms with E-state index in [0.29, 0.717) is 5.17 Å². The lowest BCUT2D eigenvalue weighted by Gasteiger charge is -2.12. The summed E-state index contributed by atoms with van der Waals surface area (Å²) >= 11 is 1.28. The van der Waals surface area contributed by atoms with Crippen LogP contribution in [0.1, 0.15) is 10.5 Å². The zero-order valence-corrected chi connectivity index (χ0v) is 11.5. The first-order valence-corrected chi connectivity index (χ1v) is 6.27. The highest BCUT2D eigenvalue weighted by Gasteiger charge is 2.04. The molecular formula is C13H14FN3OS. The van der Waals surface area contributed by atoms with Crippen LogP contribution in [-0.2, 0) is 0 Å². The number of pyridine rings is 1. The molecule has 0 aliphatic rings. The van der Waals surface area contributed by atoms with Gasteiger partial charge in [0.25, 0.3) is 0 Å². The van der Waals surface area contributed by atoms with Crippen LogP contribution in [0, 0.1) is 5.82 Å². The third kappa shape index (κ3) is 4.67. The van der Waals surface area contributed by atoms with E-state index >= 15 is 0 Å². The van der Waals surface area contributed by atoms with Crippen molar-refractivity contribution in [1.82, 2.24) is 9.88 Å². The van der Waals surface area contributed by atoms with Crippen molar-refractivity contribution in [3.05, 3.63) is 54.1 Å². The number of nitrogens with zero attached hydrogens (tertiary/aromatic N) is 3. The van der Waals surface area contributed by atoms with Gasteiger partial charge in [0.2, 0.25) is 5.78 Å². The first-order valence-electron chi connectivity index (χ1n) is 5.39. The Morgan fingerprint density at radius 1 is 1.58 bits per heavy atom. The molecule has 1 aromatic rings. The molecule has 0 aliphatic carbocycles. The summed E-state index contributed by atoms with van der Waals surface area (Å²) in [6.07, 6.45) is 4.00. The number of halogens is 1. The molecular weight excluding hydrogens is 265 g/mol. The second kappa shape index (κ2) is 7.48. The summed E-state index contributed by atoms with van der Waals surface area (Å²) in [6.45, 7) is 3.62. The zero-order valence-electron chi connectivity index (χ0n) is 10.7. The molecule has 0 atom stereocenters. The predicted octanol–water partition coefficient (Wildman–Crippen LogP) is 2.71. The highest BCUT2D eigenvalue weighted by molar-refractivity contribution is 8.16. The Kier molecular flexibility index (Phi) is 5.95. The van der Waals surface area contributed by atoms with Gasteiger partial charge in [0.15, 0.2) is 5.17 Å². The van der Waals surface area contributed by atoms with E-state index in [0.717, 1.165) is 6.20 Å². The van der Waals surface area contributed by atoms with E-state index in [4.69, 9.17) is 0 Å². The van der Waals surface area contributed by atoms with Crippen molar-refractivity contribution in [3.8, 4) is 0 Å². The van der Waals surface area contributed by atoms with Gasteiger partial charge in [-0.15, -0.1) is 0 Å². The summed E-state index contributed by atoms with van der Waals surface area (Å²) in [5.41, 5.74) is 0.199. The number of amidine groups is 1. The molecule has 6 heteroatoms. The molecule has 0 aliphatic heterocycles. The molecule has 4 nitrogen and oxygen atoms in total. The average molecular weight is 279 g/mol. The monoisotopic (exact) mass is 279 g/mol. The highest BCUT2D eigenvalue weighted by Crippen LogP contribution is 2.10. The van der Waals surface area contributed by atoms with Gasteiger partial charge >= 0.3 is 0 Å². The summed E-state index contributed by atoms with van der Waals surface area (Å²) in [4.78, 5) is 21.2. The number of aliphatic imine (C=N–C) groups is 1. The molecule has 0 saturated heterocycles. The normalized spacial score (nSPS) is 11.6. The van der Waals surface area contributed by atoms with Crippen molar-refractivity contribution < 1.29 is 9.18 Å². The minimum atomic E-state index is -0.470. The maximum absolute atomic E-state index is 12.7. The number of aromatic nitrogens is 1. The molecule has 1 rings (SSSR count). The van der Waals surface area contributed by atoms with Crippen LogP contribution >= 0.6 is 11.8 Å². The summed E-state index contributed by atoms with van der Waals surface area (Å²) < 4.78 is 12.7. The van der Waals surface area contributed by atoms with Gasteiger partial charge < -0.3 is 4.90 Å². The highest BCUT2D eigenvalue weighted by atomic mass is 32.2. The quantitative estimate of drug-likeness (QED) is 0.368. The van der Waals surface area contributed by atoms with E-state index in [9.17, 15) is 9.18 Å². The topological polar surface area (TPSA) is 45.6 Å². The van der Waals surface area contributed by atoms with Crippen molar-refractivity contribution in [2.24, 2.45) is 4.99 Å². The standard InChI is InChI=1S/C13H14FN3OS/c1-4-17(3)13(15-2)19-8-7-12(18)11-6-5-10(14)9-16-11/h4-9H,1H2,2-3H3/b8-7+,15-13?. The zero-order chi connectivity index (χ0) is 14.3. The number of carbonyl (C=O) groups excluding carboxylic acids is 1. The van der Waals surface area contributed by atoms with Crippen LogP contribution in [0.5, 0.6) is 0 Å². The Balaban J connectivity index is 2.64. The first kappa shape index (κ1) is 15.1. The molecule has 19 heavy (non-hydrogen) atoms. The first-order chi connectivity index (χ1) is 9.08.